The molecule has 0 saturated heterocycles. The molecule has 176 valence electrons. The molecule has 9 heteroatoms. The molecular formula is C25H25ClN4O3S. The highest BCUT2D eigenvalue weighted by atomic mass is 35.5. The normalized spacial score (nSPS) is 14.9. The molecule has 1 fully saturated rings. The number of carbonyl (C=O) groups is 2. The number of nitrogens with zero attached hydrogens (tertiary/aromatic N) is 3. The van der Waals surface area contributed by atoms with Crippen molar-refractivity contribution in [3.05, 3.63) is 59.1 Å². The van der Waals surface area contributed by atoms with Gasteiger partial charge in [0, 0.05) is 5.02 Å². The van der Waals surface area contributed by atoms with E-state index in [1.165, 1.54) is 11.8 Å². The Morgan fingerprint density at radius 2 is 1.94 bits per heavy atom. The van der Waals surface area contributed by atoms with Crippen LogP contribution in [0.15, 0.2) is 53.7 Å². The van der Waals surface area contributed by atoms with E-state index in [1.54, 1.807) is 6.07 Å². The van der Waals surface area contributed by atoms with Crippen molar-refractivity contribution in [2.24, 2.45) is 0 Å². The lowest BCUT2D eigenvalue weighted by atomic mass is 9.83. The third-order valence-electron chi connectivity index (χ3n) is 5.84. The number of thioether (sulfide) groups is 1. The first-order valence-electron chi connectivity index (χ1n) is 11.2. The zero-order valence-corrected chi connectivity index (χ0v) is 20.2. The summed E-state index contributed by atoms with van der Waals surface area (Å²) >= 11 is 7.39. The maximum absolute atomic E-state index is 12.4. The number of benzene rings is 2. The number of nitriles is 1. The van der Waals surface area contributed by atoms with Gasteiger partial charge in [-0.3, -0.25) is 9.59 Å². The van der Waals surface area contributed by atoms with Gasteiger partial charge >= 0.3 is 5.97 Å². The zero-order valence-electron chi connectivity index (χ0n) is 18.6. The molecule has 1 aromatic heterocycles. The summed E-state index contributed by atoms with van der Waals surface area (Å²) in [5.41, 5.74) is 1.91. The molecule has 0 atom stereocenters. The molecule has 34 heavy (non-hydrogen) atoms. The molecule has 1 aliphatic carbocycles. The average Bonchev–Trinajstić information content (AvgIpc) is 3.18. The summed E-state index contributed by atoms with van der Waals surface area (Å²) < 4.78 is 7.20. The lowest BCUT2D eigenvalue weighted by Gasteiger charge is -2.31. The van der Waals surface area contributed by atoms with E-state index in [4.69, 9.17) is 16.3 Å². The van der Waals surface area contributed by atoms with E-state index in [9.17, 15) is 14.9 Å². The van der Waals surface area contributed by atoms with Gasteiger partial charge in [-0.05, 0) is 36.6 Å². The third-order valence-corrected chi connectivity index (χ3v) is 7.03. The van der Waals surface area contributed by atoms with Crippen LogP contribution in [-0.4, -0.2) is 39.3 Å². The molecule has 1 N–H and O–H groups in total. The van der Waals surface area contributed by atoms with Gasteiger partial charge in [0.1, 0.15) is 5.54 Å². The lowest BCUT2D eigenvalue weighted by molar-refractivity contribution is -0.146. The number of rotatable bonds is 8. The van der Waals surface area contributed by atoms with E-state index in [0.29, 0.717) is 29.6 Å². The number of aromatic nitrogens is 2. The largest absolute Gasteiger partial charge is 0.455 e. The zero-order chi connectivity index (χ0) is 24.0. The molecule has 0 bridgehead atoms. The van der Waals surface area contributed by atoms with Gasteiger partial charge in [0.25, 0.3) is 5.91 Å². The highest BCUT2D eigenvalue weighted by Gasteiger charge is 2.33. The molecule has 0 unspecified atom stereocenters. The van der Waals surface area contributed by atoms with Crippen LogP contribution in [0.1, 0.15) is 37.7 Å². The minimum absolute atomic E-state index is 0.00250. The standard InChI is InChI=1S/C25H25ClN4O3S/c26-19-9-10-21-20(13-19)28-24(30(21)14-18-7-3-1-4-8-18)34-16-23(32)33-15-22(31)29-25(17-27)11-5-2-6-12-25/h1,3-4,7-10,13H,2,5-6,11-12,14-16H2,(H,29,31). The monoisotopic (exact) mass is 496 g/mol. The van der Waals surface area contributed by atoms with Gasteiger partial charge in [-0.1, -0.05) is 73.0 Å². The second-order valence-corrected chi connectivity index (χ2v) is 9.73. The van der Waals surface area contributed by atoms with Crippen LogP contribution in [0.25, 0.3) is 11.0 Å². The Morgan fingerprint density at radius 1 is 1.18 bits per heavy atom. The van der Waals surface area contributed by atoms with E-state index >= 15 is 0 Å². The van der Waals surface area contributed by atoms with Crippen LogP contribution in [0.2, 0.25) is 5.02 Å². The Kier molecular flexibility index (Phi) is 7.76. The number of carbonyl (C=O) groups excluding carboxylic acids is 2. The van der Waals surface area contributed by atoms with Gasteiger partial charge in [0.05, 0.1) is 29.4 Å². The molecule has 1 saturated carbocycles. The fourth-order valence-corrected chi connectivity index (χ4v) is 5.12. The van der Waals surface area contributed by atoms with Crippen molar-refractivity contribution in [1.82, 2.24) is 14.9 Å². The van der Waals surface area contributed by atoms with Crippen molar-refractivity contribution in [3.8, 4) is 6.07 Å². The van der Waals surface area contributed by atoms with E-state index in [2.05, 4.69) is 16.4 Å². The number of hydrogen-bond donors (Lipinski definition) is 1. The molecule has 0 spiro atoms. The highest BCUT2D eigenvalue weighted by molar-refractivity contribution is 7.99. The predicted octanol–water partition coefficient (Wildman–Crippen LogP) is 4.72. The van der Waals surface area contributed by atoms with Crippen molar-refractivity contribution in [2.75, 3.05) is 12.4 Å². The summed E-state index contributed by atoms with van der Waals surface area (Å²) in [4.78, 5) is 29.3. The maximum Gasteiger partial charge on any atom is 0.316 e. The molecule has 4 rings (SSSR count). The predicted molar refractivity (Wildman–Crippen MR) is 132 cm³/mol. The van der Waals surface area contributed by atoms with E-state index < -0.39 is 24.0 Å². The Morgan fingerprint density at radius 3 is 2.68 bits per heavy atom. The smallest absolute Gasteiger partial charge is 0.316 e. The Hall–Kier alpha value is -3.02. The SMILES string of the molecule is N#CC1(NC(=O)COC(=O)CSc2nc3cc(Cl)ccc3n2Cc2ccccc2)CCCCC1. The quantitative estimate of drug-likeness (QED) is 0.358. The van der Waals surface area contributed by atoms with Gasteiger partial charge in [-0.25, -0.2) is 4.98 Å². The molecular weight excluding hydrogens is 472 g/mol. The van der Waals surface area contributed by atoms with Crippen LogP contribution < -0.4 is 5.32 Å². The topological polar surface area (TPSA) is 97.0 Å². The first kappa shape index (κ1) is 24.1. The Labute approximate surface area is 207 Å². The number of imidazole rings is 1. The number of nitrogens with one attached hydrogen (secondary N) is 1. The maximum atomic E-state index is 12.4. The molecule has 7 nitrogen and oxygen atoms in total. The molecule has 0 aliphatic heterocycles. The van der Waals surface area contributed by atoms with E-state index in [0.717, 1.165) is 35.9 Å². The first-order valence-corrected chi connectivity index (χ1v) is 12.5. The van der Waals surface area contributed by atoms with E-state index in [1.807, 2.05) is 47.0 Å². The summed E-state index contributed by atoms with van der Waals surface area (Å²) in [5.74, 6) is -0.971. The molecule has 3 aromatic rings. The molecule has 1 aliphatic rings. The van der Waals surface area contributed by atoms with Crippen LogP contribution in [0, 0.1) is 11.3 Å². The second kappa shape index (κ2) is 10.9. The fraction of sp³-hybridized carbons (Fsp3) is 0.360. The third kappa shape index (κ3) is 5.91. The first-order chi connectivity index (χ1) is 16.5. The van der Waals surface area contributed by atoms with Gasteiger partial charge in [0.2, 0.25) is 0 Å². The van der Waals surface area contributed by atoms with Gasteiger partial charge in [0.15, 0.2) is 11.8 Å². The summed E-state index contributed by atoms with van der Waals surface area (Å²) in [6.45, 7) is 0.188. The summed E-state index contributed by atoms with van der Waals surface area (Å²) in [7, 11) is 0. The summed E-state index contributed by atoms with van der Waals surface area (Å²) in [6, 6.07) is 17.7. The van der Waals surface area contributed by atoms with Crippen LogP contribution in [0.3, 0.4) is 0 Å². The minimum atomic E-state index is -0.847. The number of esters is 1. The van der Waals surface area contributed by atoms with Gasteiger partial charge in [-0.2, -0.15) is 5.26 Å². The van der Waals surface area contributed by atoms with Gasteiger partial charge in [-0.15, -0.1) is 0 Å². The molecule has 1 heterocycles. The molecule has 0 radical (unpaired) electrons. The number of amides is 1. The van der Waals surface area contributed by atoms with Crippen molar-refractivity contribution in [3.63, 3.8) is 0 Å². The van der Waals surface area contributed by atoms with Gasteiger partial charge < -0.3 is 14.6 Å². The average molecular weight is 497 g/mol. The van der Waals surface area contributed by atoms with Crippen molar-refractivity contribution in [1.29, 1.82) is 5.26 Å². The molecule has 1 amide bonds. The van der Waals surface area contributed by atoms with Crippen LogP contribution >= 0.6 is 23.4 Å². The number of hydrogen-bond acceptors (Lipinski definition) is 6. The lowest BCUT2D eigenvalue weighted by Crippen LogP contribution is -2.50. The summed E-state index contributed by atoms with van der Waals surface area (Å²) in [6.07, 6.45) is 4.12. The van der Waals surface area contributed by atoms with Crippen molar-refractivity contribution < 1.29 is 14.3 Å². The number of halogens is 1. The Bertz CT molecular complexity index is 1220. The number of ether oxygens (including phenoxy) is 1. The van der Waals surface area contributed by atoms with Crippen molar-refractivity contribution >= 4 is 46.3 Å². The van der Waals surface area contributed by atoms with Crippen LogP contribution in [0.5, 0.6) is 0 Å². The molecule has 2 aromatic carbocycles. The second-order valence-electron chi connectivity index (χ2n) is 8.35. The van der Waals surface area contributed by atoms with Crippen LogP contribution in [0.4, 0.5) is 0 Å². The van der Waals surface area contributed by atoms with E-state index in [-0.39, 0.29) is 5.75 Å². The van der Waals surface area contributed by atoms with Crippen molar-refractivity contribution in [2.45, 2.75) is 49.3 Å². The number of fused-ring (bicyclic) bond motifs is 1. The Balaban J connectivity index is 1.38. The minimum Gasteiger partial charge on any atom is -0.455 e. The summed E-state index contributed by atoms with van der Waals surface area (Å²) in [5, 5.41) is 13.5. The fourth-order valence-electron chi connectivity index (χ4n) is 4.14. The van der Waals surface area contributed by atoms with Crippen LogP contribution in [-0.2, 0) is 20.9 Å². The highest BCUT2D eigenvalue weighted by Crippen LogP contribution is 2.28.